The molecule has 0 fully saturated rings. The van der Waals surface area contributed by atoms with Crippen molar-refractivity contribution in [2.24, 2.45) is 0 Å². The fraction of sp³-hybridized carbons (Fsp3) is 0.111. The molecule has 10 nitrogen and oxygen atoms in total. The standard InChI is InChI=1S/C18H12N4O6S/c1-9-19-20-18(29-9)21-14(10-4-2-5-11(8-10)22(26)27)13(16(24)17(21)25)15(23)12-6-3-7-28-12/h2-8,14,24H,1H3/t14-/m1/s1. The molecular formula is C18H12N4O6S. The largest absolute Gasteiger partial charge is 0.503 e. The smallest absolute Gasteiger partial charge is 0.296 e. The molecule has 0 radical (unpaired) electrons. The Balaban J connectivity index is 1.90. The Morgan fingerprint density at radius 3 is 2.72 bits per heavy atom. The van der Waals surface area contributed by atoms with E-state index in [0.717, 1.165) is 16.2 Å². The number of amides is 1. The summed E-state index contributed by atoms with van der Waals surface area (Å²) in [6, 6.07) is 7.26. The Bertz CT molecular complexity index is 1170. The summed E-state index contributed by atoms with van der Waals surface area (Å²) >= 11 is 1.09. The third-order valence-corrected chi connectivity index (χ3v) is 5.15. The van der Waals surface area contributed by atoms with Crippen molar-refractivity contribution in [2.45, 2.75) is 13.0 Å². The maximum Gasteiger partial charge on any atom is 0.296 e. The van der Waals surface area contributed by atoms with Gasteiger partial charge in [-0.3, -0.25) is 24.6 Å². The quantitative estimate of drug-likeness (QED) is 0.383. The first-order valence-corrected chi connectivity index (χ1v) is 9.09. The SMILES string of the molecule is Cc1nnc(N2C(=O)C(O)=C(C(=O)c3ccco3)[C@H]2c2cccc([N+](=O)[O-])c2)s1. The second kappa shape index (κ2) is 6.95. The molecule has 0 aliphatic carbocycles. The molecule has 0 bridgehead atoms. The summed E-state index contributed by atoms with van der Waals surface area (Å²) in [6.07, 6.45) is 1.29. The van der Waals surface area contributed by atoms with E-state index in [-0.39, 0.29) is 27.7 Å². The van der Waals surface area contributed by atoms with Crippen LogP contribution in [0.1, 0.15) is 27.2 Å². The molecule has 1 aliphatic rings. The summed E-state index contributed by atoms with van der Waals surface area (Å²) in [5, 5.41) is 30.3. The van der Waals surface area contributed by atoms with Crippen LogP contribution in [0, 0.1) is 17.0 Å². The molecule has 3 aromatic rings. The van der Waals surface area contributed by atoms with E-state index in [1.54, 1.807) is 6.92 Å². The highest BCUT2D eigenvalue weighted by molar-refractivity contribution is 7.15. The lowest BCUT2D eigenvalue weighted by molar-refractivity contribution is -0.384. The first-order valence-electron chi connectivity index (χ1n) is 8.28. The molecular weight excluding hydrogens is 400 g/mol. The molecule has 0 saturated carbocycles. The van der Waals surface area contributed by atoms with Crippen LogP contribution < -0.4 is 4.90 Å². The van der Waals surface area contributed by atoms with Gasteiger partial charge in [-0.15, -0.1) is 10.2 Å². The second-order valence-electron chi connectivity index (χ2n) is 6.10. The van der Waals surface area contributed by atoms with Crippen LogP contribution >= 0.6 is 11.3 Å². The zero-order chi connectivity index (χ0) is 20.7. The van der Waals surface area contributed by atoms with Gasteiger partial charge in [-0.05, 0) is 24.6 Å². The van der Waals surface area contributed by atoms with E-state index < -0.39 is 28.4 Å². The van der Waals surface area contributed by atoms with Crippen LogP contribution in [0.2, 0.25) is 0 Å². The zero-order valence-corrected chi connectivity index (χ0v) is 15.6. The molecule has 0 spiro atoms. The van der Waals surface area contributed by atoms with E-state index in [4.69, 9.17) is 4.42 Å². The number of aliphatic hydroxyl groups is 1. The van der Waals surface area contributed by atoms with Gasteiger partial charge in [0.15, 0.2) is 11.5 Å². The maximum atomic E-state index is 13.0. The van der Waals surface area contributed by atoms with Gasteiger partial charge in [-0.1, -0.05) is 23.5 Å². The van der Waals surface area contributed by atoms with E-state index in [2.05, 4.69) is 10.2 Å². The summed E-state index contributed by atoms with van der Waals surface area (Å²) < 4.78 is 5.12. The van der Waals surface area contributed by atoms with Crippen molar-refractivity contribution in [1.29, 1.82) is 0 Å². The van der Waals surface area contributed by atoms with Gasteiger partial charge in [0, 0.05) is 12.1 Å². The number of hydrogen-bond acceptors (Lipinski definition) is 9. The van der Waals surface area contributed by atoms with E-state index in [0.29, 0.717) is 5.01 Å². The highest BCUT2D eigenvalue weighted by atomic mass is 32.1. The number of aryl methyl sites for hydroxylation is 1. The molecule has 1 atom stereocenters. The average molecular weight is 412 g/mol. The number of non-ortho nitro benzene ring substituents is 1. The minimum Gasteiger partial charge on any atom is -0.503 e. The zero-order valence-electron chi connectivity index (χ0n) is 14.8. The van der Waals surface area contributed by atoms with Gasteiger partial charge >= 0.3 is 0 Å². The number of Topliss-reactive ketones (excluding diaryl/α,β-unsaturated/α-hetero) is 1. The van der Waals surface area contributed by atoms with Gasteiger partial charge in [0.05, 0.1) is 22.8 Å². The van der Waals surface area contributed by atoms with Crippen LogP contribution in [0.3, 0.4) is 0 Å². The predicted octanol–water partition coefficient (Wildman–Crippen LogP) is 3.13. The third kappa shape index (κ3) is 3.06. The summed E-state index contributed by atoms with van der Waals surface area (Å²) in [4.78, 5) is 37.6. The molecule has 4 rings (SSSR count). The number of nitro groups is 1. The normalized spacial score (nSPS) is 16.5. The number of carbonyl (C=O) groups excluding carboxylic acids is 2. The summed E-state index contributed by atoms with van der Waals surface area (Å²) in [7, 11) is 0. The first kappa shape index (κ1) is 18.5. The van der Waals surface area contributed by atoms with E-state index in [1.165, 1.54) is 42.7 Å². The predicted molar refractivity (Wildman–Crippen MR) is 101 cm³/mol. The number of anilines is 1. The van der Waals surface area contributed by atoms with Crippen LogP contribution in [-0.4, -0.2) is 31.9 Å². The molecule has 1 aliphatic heterocycles. The van der Waals surface area contributed by atoms with Crippen molar-refractivity contribution in [3.8, 4) is 0 Å². The van der Waals surface area contributed by atoms with Gasteiger partial charge in [-0.2, -0.15) is 0 Å². The molecule has 146 valence electrons. The second-order valence-corrected chi connectivity index (χ2v) is 7.26. The van der Waals surface area contributed by atoms with Crippen LogP contribution in [0.4, 0.5) is 10.8 Å². The fourth-order valence-electron chi connectivity index (χ4n) is 3.08. The highest BCUT2D eigenvalue weighted by Gasteiger charge is 2.46. The number of aromatic nitrogens is 2. The van der Waals surface area contributed by atoms with Crippen molar-refractivity contribution in [2.75, 3.05) is 4.90 Å². The number of hydrogen-bond donors (Lipinski definition) is 1. The molecule has 0 unspecified atom stereocenters. The molecule has 0 saturated heterocycles. The number of nitro benzene ring substituents is 1. The minimum absolute atomic E-state index is 0.0786. The van der Waals surface area contributed by atoms with Crippen molar-refractivity contribution < 1.29 is 24.0 Å². The Kier molecular flexibility index (Phi) is 4.43. The van der Waals surface area contributed by atoms with Gasteiger partial charge in [-0.25, -0.2) is 0 Å². The highest BCUT2D eigenvalue weighted by Crippen LogP contribution is 2.43. The van der Waals surface area contributed by atoms with E-state index in [9.17, 15) is 24.8 Å². The molecule has 29 heavy (non-hydrogen) atoms. The van der Waals surface area contributed by atoms with Crippen molar-refractivity contribution in [3.63, 3.8) is 0 Å². The number of benzene rings is 1. The van der Waals surface area contributed by atoms with Gasteiger partial charge in [0.25, 0.3) is 11.6 Å². The summed E-state index contributed by atoms with van der Waals surface area (Å²) in [6.45, 7) is 1.69. The number of ketones is 1. The minimum atomic E-state index is -1.13. The molecule has 1 aromatic carbocycles. The summed E-state index contributed by atoms with van der Waals surface area (Å²) in [5.41, 5.74) is -0.211. The maximum absolute atomic E-state index is 13.0. The fourth-order valence-corrected chi connectivity index (χ4v) is 3.80. The molecule has 2 aromatic heterocycles. The van der Waals surface area contributed by atoms with E-state index in [1.807, 2.05) is 0 Å². The Morgan fingerprint density at radius 2 is 2.10 bits per heavy atom. The monoisotopic (exact) mass is 412 g/mol. The van der Waals surface area contributed by atoms with Gasteiger partial charge in [0.2, 0.25) is 10.9 Å². The van der Waals surface area contributed by atoms with E-state index >= 15 is 0 Å². The number of furan rings is 1. The Hall–Kier alpha value is -3.86. The number of rotatable bonds is 5. The lowest BCUT2D eigenvalue weighted by Crippen LogP contribution is -2.31. The molecule has 3 heterocycles. The Morgan fingerprint density at radius 1 is 1.31 bits per heavy atom. The number of aliphatic hydroxyl groups excluding tert-OH is 1. The first-order chi connectivity index (χ1) is 13.9. The van der Waals surface area contributed by atoms with Crippen molar-refractivity contribution >= 4 is 33.8 Å². The number of carbonyl (C=O) groups is 2. The van der Waals surface area contributed by atoms with Crippen LogP contribution in [0.15, 0.2) is 58.4 Å². The number of nitrogens with zero attached hydrogens (tertiary/aromatic N) is 4. The lowest BCUT2D eigenvalue weighted by atomic mass is 9.95. The van der Waals surface area contributed by atoms with Gasteiger partial charge < -0.3 is 9.52 Å². The molecule has 1 N–H and O–H groups in total. The topological polar surface area (TPSA) is 140 Å². The van der Waals surface area contributed by atoms with Crippen molar-refractivity contribution in [3.05, 3.63) is 80.4 Å². The average Bonchev–Trinajstić information content (AvgIpc) is 3.43. The summed E-state index contributed by atoms with van der Waals surface area (Å²) in [5.74, 6) is -2.41. The van der Waals surface area contributed by atoms with Gasteiger partial charge in [0.1, 0.15) is 5.01 Å². The third-order valence-electron chi connectivity index (χ3n) is 4.32. The van der Waals surface area contributed by atoms with Crippen LogP contribution in [0.25, 0.3) is 0 Å². The van der Waals surface area contributed by atoms with Crippen LogP contribution in [0.5, 0.6) is 0 Å². The molecule has 11 heteroatoms. The lowest BCUT2D eigenvalue weighted by Gasteiger charge is -2.23. The Labute approximate surface area is 166 Å². The molecule has 1 amide bonds. The van der Waals surface area contributed by atoms with Crippen LogP contribution in [-0.2, 0) is 4.79 Å². The van der Waals surface area contributed by atoms with Crippen molar-refractivity contribution in [1.82, 2.24) is 10.2 Å².